The van der Waals surface area contributed by atoms with Gasteiger partial charge in [-0.15, -0.1) is 11.6 Å². The molecule has 16 heavy (non-hydrogen) atoms. The van der Waals surface area contributed by atoms with Gasteiger partial charge in [-0.1, -0.05) is 23.2 Å². The van der Waals surface area contributed by atoms with Crippen LogP contribution in [0.2, 0.25) is 10.0 Å². The van der Waals surface area contributed by atoms with Crippen LogP contribution in [0.5, 0.6) is 17.2 Å². The van der Waals surface area contributed by atoms with Crippen molar-refractivity contribution in [1.29, 1.82) is 0 Å². The molecular weight excluding hydrogens is 274 g/mol. The molecule has 0 bridgehead atoms. The first-order valence-electron chi connectivity index (χ1n) is 4.34. The van der Waals surface area contributed by atoms with Gasteiger partial charge in [0.25, 0.3) is 0 Å². The number of benzene rings is 1. The van der Waals surface area contributed by atoms with E-state index in [0.717, 1.165) is 0 Å². The molecule has 0 atom stereocenters. The van der Waals surface area contributed by atoms with Crippen LogP contribution in [0.3, 0.4) is 0 Å². The molecule has 0 unspecified atom stereocenters. The molecule has 0 aliphatic carbocycles. The summed E-state index contributed by atoms with van der Waals surface area (Å²) >= 11 is 18.0. The second kappa shape index (κ2) is 5.71. The Labute approximate surface area is 109 Å². The SMILES string of the molecule is COc1c(Cl)c(CCl)c(Cl)c(OC)c1OC. The normalized spacial score (nSPS) is 10.1. The van der Waals surface area contributed by atoms with E-state index < -0.39 is 0 Å². The topological polar surface area (TPSA) is 27.7 Å². The molecule has 1 aromatic rings. The fourth-order valence-corrected chi connectivity index (χ4v) is 2.44. The van der Waals surface area contributed by atoms with Crippen molar-refractivity contribution < 1.29 is 14.2 Å². The van der Waals surface area contributed by atoms with Crippen molar-refractivity contribution >= 4 is 34.8 Å². The average Bonchev–Trinajstić information content (AvgIpc) is 2.29. The zero-order valence-electron chi connectivity index (χ0n) is 9.07. The van der Waals surface area contributed by atoms with Gasteiger partial charge in [-0.3, -0.25) is 0 Å². The Balaban J connectivity index is 3.61. The lowest BCUT2D eigenvalue weighted by atomic mass is 10.2. The van der Waals surface area contributed by atoms with E-state index >= 15 is 0 Å². The Morgan fingerprint density at radius 1 is 0.812 bits per heavy atom. The van der Waals surface area contributed by atoms with E-state index in [2.05, 4.69) is 0 Å². The van der Waals surface area contributed by atoms with Crippen LogP contribution in [0.25, 0.3) is 0 Å². The molecule has 0 aliphatic heterocycles. The molecule has 6 heteroatoms. The molecule has 90 valence electrons. The summed E-state index contributed by atoms with van der Waals surface area (Å²) in [5, 5.41) is 0.667. The van der Waals surface area contributed by atoms with Crippen molar-refractivity contribution in [1.82, 2.24) is 0 Å². The Morgan fingerprint density at radius 2 is 1.19 bits per heavy atom. The third kappa shape index (κ3) is 2.12. The Kier molecular flexibility index (Phi) is 4.84. The summed E-state index contributed by atoms with van der Waals surface area (Å²) in [6.07, 6.45) is 0. The number of hydrogen-bond acceptors (Lipinski definition) is 3. The second-order valence-electron chi connectivity index (χ2n) is 2.84. The van der Waals surface area contributed by atoms with Crippen LogP contribution >= 0.6 is 34.8 Å². The molecule has 0 aromatic heterocycles. The van der Waals surface area contributed by atoms with Gasteiger partial charge < -0.3 is 14.2 Å². The van der Waals surface area contributed by atoms with Crippen LogP contribution in [0.4, 0.5) is 0 Å². The molecule has 0 aliphatic rings. The highest BCUT2D eigenvalue weighted by molar-refractivity contribution is 6.39. The molecule has 3 nitrogen and oxygen atoms in total. The molecule has 0 spiro atoms. The minimum Gasteiger partial charge on any atom is -0.491 e. The van der Waals surface area contributed by atoms with Crippen LogP contribution in [0.1, 0.15) is 5.56 Å². The molecule has 1 rings (SSSR count). The summed E-state index contributed by atoms with van der Waals surface area (Å²) in [5.41, 5.74) is 0.555. The molecule has 1 aromatic carbocycles. The van der Waals surface area contributed by atoms with Gasteiger partial charge in [0.2, 0.25) is 5.75 Å². The Hall–Kier alpha value is -0.510. The minimum absolute atomic E-state index is 0.161. The first-order valence-corrected chi connectivity index (χ1v) is 5.63. The first kappa shape index (κ1) is 13.6. The lowest BCUT2D eigenvalue weighted by Crippen LogP contribution is -1.99. The smallest absolute Gasteiger partial charge is 0.206 e. The highest BCUT2D eigenvalue weighted by atomic mass is 35.5. The third-order valence-corrected chi connectivity index (χ3v) is 3.15. The minimum atomic E-state index is 0.161. The summed E-state index contributed by atoms with van der Waals surface area (Å²) in [6, 6.07) is 0. The number of halogens is 3. The summed E-state index contributed by atoms with van der Waals surface area (Å²) in [6.45, 7) is 0. The molecule has 0 saturated carbocycles. The largest absolute Gasteiger partial charge is 0.491 e. The summed E-state index contributed by atoms with van der Waals surface area (Å²) in [5.74, 6) is 1.24. The quantitative estimate of drug-likeness (QED) is 0.788. The molecule has 0 radical (unpaired) electrons. The van der Waals surface area contributed by atoms with E-state index in [1.165, 1.54) is 21.3 Å². The molecule has 0 N–H and O–H groups in total. The maximum Gasteiger partial charge on any atom is 0.206 e. The number of ether oxygens (including phenoxy) is 3. The number of methoxy groups -OCH3 is 3. The van der Waals surface area contributed by atoms with Gasteiger partial charge in [-0.2, -0.15) is 0 Å². The maximum absolute atomic E-state index is 6.10. The van der Waals surface area contributed by atoms with Gasteiger partial charge in [-0.05, 0) is 0 Å². The molecular formula is C10H11Cl3O3. The first-order chi connectivity index (χ1) is 7.62. The maximum atomic E-state index is 6.10. The van der Waals surface area contributed by atoms with Crippen molar-refractivity contribution in [3.63, 3.8) is 0 Å². The highest BCUT2D eigenvalue weighted by Crippen LogP contribution is 2.50. The monoisotopic (exact) mass is 284 g/mol. The van der Waals surface area contributed by atoms with Crippen molar-refractivity contribution in [2.75, 3.05) is 21.3 Å². The van der Waals surface area contributed by atoms with Gasteiger partial charge in [0.1, 0.15) is 0 Å². The van der Waals surface area contributed by atoms with Gasteiger partial charge in [0.05, 0.1) is 37.3 Å². The average molecular weight is 286 g/mol. The van der Waals surface area contributed by atoms with Gasteiger partial charge in [0, 0.05) is 5.56 Å². The van der Waals surface area contributed by atoms with Gasteiger partial charge >= 0.3 is 0 Å². The Bertz CT molecular complexity index is 362. The Morgan fingerprint density at radius 3 is 1.44 bits per heavy atom. The van der Waals surface area contributed by atoms with Gasteiger partial charge in [0.15, 0.2) is 11.5 Å². The zero-order chi connectivity index (χ0) is 12.3. The fourth-order valence-electron chi connectivity index (χ4n) is 1.34. The van der Waals surface area contributed by atoms with E-state index in [9.17, 15) is 0 Å². The van der Waals surface area contributed by atoms with E-state index in [0.29, 0.717) is 32.9 Å². The number of rotatable bonds is 4. The van der Waals surface area contributed by atoms with Crippen molar-refractivity contribution in [2.45, 2.75) is 5.88 Å². The predicted octanol–water partition coefficient (Wildman–Crippen LogP) is 3.76. The summed E-state index contributed by atoms with van der Waals surface area (Å²) in [4.78, 5) is 0. The zero-order valence-corrected chi connectivity index (χ0v) is 11.3. The van der Waals surface area contributed by atoms with Crippen LogP contribution < -0.4 is 14.2 Å². The predicted molar refractivity (Wildman–Crippen MR) is 65.7 cm³/mol. The van der Waals surface area contributed by atoms with E-state index in [-0.39, 0.29) is 5.88 Å². The van der Waals surface area contributed by atoms with Crippen LogP contribution in [0, 0.1) is 0 Å². The van der Waals surface area contributed by atoms with Gasteiger partial charge in [-0.25, -0.2) is 0 Å². The van der Waals surface area contributed by atoms with E-state index in [4.69, 9.17) is 49.0 Å². The lowest BCUT2D eigenvalue weighted by molar-refractivity contribution is 0.324. The van der Waals surface area contributed by atoms with Crippen molar-refractivity contribution in [3.05, 3.63) is 15.6 Å². The molecule has 0 saturated heterocycles. The van der Waals surface area contributed by atoms with Crippen LogP contribution in [0.15, 0.2) is 0 Å². The lowest BCUT2D eigenvalue weighted by Gasteiger charge is -2.17. The molecule has 0 heterocycles. The summed E-state index contributed by atoms with van der Waals surface area (Å²) < 4.78 is 15.5. The molecule has 0 amide bonds. The van der Waals surface area contributed by atoms with Crippen molar-refractivity contribution in [3.8, 4) is 17.2 Å². The highest BCUT2D eigenvalue weighted by Gasteiger charge is 2.23. The third-order valence-electron chi connectivity index (χ3n) is 2.09. The summed E-state index contributed by atoms with van der Waals surface area (Å²) in [7, 11) is 4.44. The van der Waals surface area contributed by atoms with E-state index in [1.807, 2.05) is 0 Å². The molecule has 0 fully saturated rings. The number of alkyl halides is 1. The standard InChI is InChI=1S/C10H11Cl3O3/c1-14-8-6(12)5(4-11)7(13)9(15-2)10(8)16-3/h4H2,1-3H3. The van der Waals surface area contributed by atoms with Crippen LogP contribution in [-0.4, -0.2) is 21.3 Å². The van der Waals surface area contributed by atoms with E-state index in [1.54, 1.807) is 0 Å². The number of hydrogen-bond donors (Lipinski definition) is 0. The second-order valence-corrected chi connectivity index (χ2v) is 3.86. The van der Waals surface area contributed by atoms with Crippen LogP contribution in [-0.2, 0) is 5.88 Å². The van der Waals surface area contributed by atoms with Crippen molar-refractivity contribution in [2.24, 2.45) is 0 Å². The fraction of sp³-hybridized carbons (Fsp3) is 0.400.